The maximum absolute atomic E-state index is 11.1. The summed E-state index contributed by atoms with van der Waals surface area (Å²) in [6.07, 6.45) is 4.08. The maximum Gasteiger partial charge on any atom is 0.307 e. The molecule has 0 radical (unpaired) electrons. The van der Waals surface area contributed by atoms with Crippen molar-refractivity contribution in [3.63, 3.8) is 0 Å². The average molecular weight is 225 g/mol. The van der Waals surface area contributed by atoms with Gasteiger partial charge in [0.2, 0.25) is 0 Å². The molecule has 0 bridgehead atoms. The van der Waals surface area contributed by atoms with Gasteiger partial charge in [0.15, 0.2) is 0 Å². The molecular weight excluding hydrogens is 206 g/mol. The summed E-state index contributed by atoms with van der Waals surface area (Å²) in [6.45, 7) is 2.72. The van der Waals surface area contributed by atoms with Crippen LogP contribution in [0.1, 0.15) is 19.2 Å². The molecule has 0 amide bonds. The summed E-state index contributed by atoms with van der Waals surface area (Å²) in [6, 6.07) is 0.143. The summed E-state index contributed by atoms with van der Waals surface area (Å²) in [4.78, 5) is 17.5. The second-order valence-electron chi connectivity index (χ2n) is 4.00. The lowest BCUT2D eigenvalue weighted by Crippen LogP contribution is -2.31. The highest BCUT2D eigenvalue weighted by atomic mass is 16.5. The summed E-state index contributed by atoms with van der Waals surface area (Å²) in [5, 5.41) is 0. The van der Waals surface area contributed by atoms with E-state index in [0.717, 1.165) is 12.4 Å². The molecule has 0 saturated heterocycles. The first kappa shape index (κ1) is 12.7. The Hall–Kier alpha value is -1.36. The van der Waals surface area contributed by atoms with Crippen LogP contribution in [0.4, 0.5) is 0 Å². The minimum atomic E-state index is -0.181. The predicted octanol–water partition coefficient (Wildman–Crippen LogP) is 0.803. The zero-order valence-electron chi connectivity index (χ0n) is 10.3. The topological polar surface area (TPSA) is 47.4 Å². The van der Waals surface area contributed by atoms with Crippen LogP contribution in [0.25, 0.3) is 0 Å². The number of hydrogen-bond donors (Lipinski definition) is 0. The molecule has 1 rings (SSSR count). The number of rotatable bonds is 5. The molecule has 0 fully saturated rings. The van der Waals surface area contributed by atoms with Gasteiger partial charge in [-0.25, -0.2) is 4.98 Å². The zero-order chi connectivity index (χ0) is 12.1. The monoisotopic (exact) mass is 225 g/mol. The van der Waals surface area contributed by atoms with E-state index in [9.17, 15) is 4.79 Å². The molecule has 90 valence electrons. The Labute approximate surface area is 96.0 Å². The number of esters is 1. The van der Waals surface area contributed by atoms with Crippen LogP contribution in [0, 0.1) is 0 Å². The summed E-state index contributed by atoms with van der Waals surface area (Å²) in [7, 11) is 5.34. The van der Waals surface area contributed by atoms with E-state index in [-0.39, 0.29) is 12.0 Å². The van der Waals surface area contributed by atoms with Crippen LogP contribution in [-0.2, 0) is 23.1 Å². The fraction of sp³-hybridized carbons (Fsp3) is 0.636. The largest absolute Gasteiger partial charge is 0.469 e. The third-order valence-electron chi connectivity index (χ3n) is 2.75. The first-order chi connectivity index (χ1) is 7.54. The second-order valence-corrected chi connectivity index (χ2v) is 4.00. The average Bonchev–Trinajstić information content (AvgIpc) is 2.64. The molecule has 0 aromatic carbocycles. The summed E-state index contributed by atoms with van der Waals surface area (Å²) in [5.74, 6) is 0.804. The predicted molar refractivity (Wildman–Crippen MR) is 60.8 cm³/mol. The molecule has 0 saturated carbocycles. The van der Waals surface area contributed by atoms with E-state index in [2.05, 4.69) is 14.6 Å². The number of carbonyl (C=O) groups excluding carboxylic acids is 1. The SMILES string of the molecule is COC(=O)CC(C)N(C)Cc1nccn1C. The lowest BCUT2D eigenvalue weighted by molar-refractivity contribution is -0.141. The lowest BCUT2D eigenvalue weighted by atomic mass is 10.2. The van der Waals surface area contributed by atoms with Crippen molar-refractivity contribution in [2.24, 2.45) is 7.05 Å². The van der Waals surface area contributed by atoms with E-state index in [4.69, 9.17) is 0 Å². The fourth-order valence-corrected chi connectivity index (χ4v) is 1.41. The first-order valence-electron chi connectivity index (χ1n) is 5.28. The van der Waals surface area contributed by atoms with E-state index in [1.165, 1.54) is 7.11 Å². The van der Waals surface area contributed by atoms with E-state index in [1.54, 1.807) is 6.20 Å². The lowest BCUT2D eigenvalue weighted by Gasteiger charge is -2.23. The smallest absolute Gasteiger partial charge is 0.307 e. The fourth-order valence-electron chi connectivity index (χ4n) is 1.41. The molecule has 1 atom stereocenters. The summed E-state index contributed by atoms with van der Waals surface area (Å²) in [5.41, 5.74) is 0. The Morgan fingerprint density at radius 2 is 2.38 bits per heavy atom. The number of aromatic nitrogens is 2. The van der Waals surface area contributed by atoms with Gasteiger partial charge >= 0.3 is 5.97 Å². The summed E-state index contributed by atoms with van der Waals surface area (Å²) >= 11 is 0. The Balaban J connectivity index is 2.49. The van der Waals surface area contributed by atoms with Crippen LogP contribution in [0.15, 0.2) is 12.4 Å². The molecule has 1 aromatic heterocycles. The number of imidazole rings is 1. The third-order valence-corrected chi connectivity index (χ3v) is 2.75. The van der Waals surface area contributed by atoms with E-state index in [0.29, 0.717) is 6.42 Å². The molecule has 0 spiro atoms. The molecule has 5 heteroatoms. The van der Waals surface area contributed by atoms with Crippen molar-refractivity contribution < 1.29 is 9.53 Å². The van der Waals surface area contributed by atoms with Crippen LogP contribution in [-0.4, -0.2) is 40.6 Å². The quantitative estimate of drug-likeness (QED) is 0.696. The van der Waals surface area contributed by atoms with E-state index in [1.807, 2.05) is 31.8 Å². The van der Waals surface area contributed by atoms with Crippen LogP contribution in [0.3, 0.4) is 0 Å². The maximum atomic E-state index is 11.1. The normalized spacial score (nSPS) is 12.8. The number of carbonyl (C=O) groups is 1. The zero-order valence-corrected chi connectivity index (χ0v) is 10.3. The highest BCUT2D eigenvalue weighted by Gasteiger charge is 2.15. The van der Waals surface area contributed by atoms with Gasteiger partial charge in [0.05, 0.1) is 20.1 Å². The van der Waals surface area contributed by atoms with Crippen molar-refractivity contribution >= 4 is 5.97 Å². The molecule has 1 aromatic rings. The molecule has 0 aliphatic heterocycles. The summed E-state index contributed by atoms with van der Waals surface area (Å²) < 4.78 is 6.62. The van der Waals surface area contributed by atoms with Gasteiger partial charge in [0.1, 0.15) is 5.82 Å². The number of nitrogens with zero attached hydrogens (tertiary/aromatic N) is 3. The van der Waals surface area contributed by atoms with Gasteiger partial charge in [0.25, 0.3) is 0 Å². The van der Waals surface area contributed by atoms with Crippen molar-refractivity contribution in [2.75, 3.05) is 14.2 Å². The third kappa shape index (κ3) is 3.34. The Kier molecular flexibility index (Phi) is 4.49. The van der Waals surface area contributed by atoms with Crippen LogP contribution >= 0.6 is 0 Å². The minimum Gasteiger partial charge on any atom is -0.469 e. The van der Waals surface area contributed by atoms with Gasteiger partial charge in [-0.2, -0.15) is 0 Å². The molecule has 1 unspecified atom stereocenters. The standard InChI is InChI=1S/C11H19N3O2/c1-9(7-11(15)16-4)14(3)8-10-12-5-6-13(10)2/h5-6,9H,7-8H2,1-4H3. The van der Waals surface area contributed by atoms with E-state index >= 15 is 0 Å². The second kappa shape index (κ2) is 5.65. The van der Waals surface area contributed by atoms with Gasteiger partial charge in [-0.05, 0) is 14.0 Å². The van der Waals surface area contributed by atoms with Gasteiger partial charge in [0, 0.05) is 25.5 Å². The van der Waals surface area contributed by atoms with Crippen molar-refractivity contribution in [1.82, 2.24) is 14.5 Å². The van der Waals surface area contributed by atoms with Crippen molar-refractivity contribution in [3.8, 4) is 0 Å². The van der Waals surface area contributed by atoms with Gasteiger partial charge in [-0.15, -0.1) is 0 Å². The molecule has 5 nitrogen and oxygen atoms in total. The number of aryl methyl sites for hydroxylation is 1. The van der Waals surface area contributed by atoms with Gasteiger partial charge in [-0.1, -0.05) is 0 Å². The van der Waals surface area contributed by atoms with Crippen LogP contribution in [0.5, 0.6) is 0 Å². The van der Waals surface area contributed by atoms with E-state index < -0.39 is 0 Å². The number of methoxy groups -OCH3 is 1. The van der Waals surface area contributed by atoms with Crippen molar-refractivity contribution in [2.45, 2.75) is 25.9 Å². The Morgan fingerprint density at radius 3 is 2.88 bits per heavy atom. The Bertz CT molecular complexity index is 349. The molecule has 0 N–H and O–H groups in total. The van der Waals surface area contributed by atoms with Crippen molar-refractivity contribution in [1.29, 1.82) is 0 Å². The highest BCUT2D eigenvalue weighted by molar-refractivity contribution is 5.69. The van der Waals surface area contributed by atoms with Crippen molar-refractivity contribution in [3.05, 3.63) is 18.2 Å². The highest BCUT2D eigenvalue weighted by Crippen LogP contribution is 2.07. The van der Waals surface area contributed by atoms with Crippen LogP contribution in [0.2, 0.25) is 0 Å². The van der Waals surface area contributed by atoms with Gasteiger partial charge in [-0.3, -0.25) is 9.69 Å². The number of ether oxygens (including phenoxy) is 1. The first-order valence-corrected chi connectivity index (χ1v) is 5.28. The molecule has 0 aliphatic rings. The minimum absolute atomic E-state index is 0.143. The molecule has 16 heavy (non-hydrogen) atoms. The van der Waals surface area contributed by atoms with Crippen LogP contribution < -0.4 is 0 Å². The van der Waals surface area contributed by atoms with Gasteiger partial charge < -0.3 is 9.30 Å². The molecule has 1 heterocycles. The molecular formula is C11H19N3O2. The Morgan fingerprint density at radius 1 is 1.69 bits per heavy atom. The number of hydrogen-bond acceptors (Lipinski definition) is 4. The molecule has 0 aliphatic carbocycles.